The Morgan fingerprint density at radius 3 is 1.35 bits per heavy atom. The van der Waals surface area contributed by atoms with Crippen LogP contribution < -0.4 is 10.6 Å². The Morgan fingerprint density at radius 2 is 0.875 bits per heavy atom. The molecule has 88 heavy (non-hydrogen) atoms. The molecular weight excluding hydrogens is 1210 g/mol. The van der Waals surface area contributed by atoms with E-state index in [-0.39, 0.29) is 0 Å². The molecule has 0 aromatic carbocycles. The van der Waals surface area contributed by atoms with Gasteiger partial charge >= 0.3 is 5.97 Å². The fourth-order valence-electron chi connectivity index (χ4n) is 11.4. The first-order chi connectivity index (χ1) is 41.4. The van der Waals surface area contributed by atoms with Gasteiger partial charge in [-0.1, -0.05) is 0 Å². The van der Waals surface area contributed by atoms with Crippen LogP contribution in [0.25, 0.3) is 0 Å². The predicted molar refractivity (Wildman–Crippen MR) is 269 cm³/mol. The molecule has 0 aromatic heterocycles. The molecule has 7 heterocycles. The Kier molecular flexibility index (Phi) is 25.1. The highest BCUT2D eigenvalue weighted by Crippen LogP contribution is 2.41. The summed E-state index contributed by atoms with van der Waals surface area (Å²) in [5, 5.41) is 234. The molecule has 0 unspecified atom stereocenters. The molecule has 7 fully saturated rings. The molecule has 0 saturated carbocycles. The van der Waals surface area contributed by atoms with Gasteiger partial charge in [0.1, 0.15) is 153 Å². The second-order valence-corrected chi connectivity index (χ2v) is 22.4. The van der Waals surface area contributed by atoms with Crippen LogP contribution in [0.2, 0.25) is 0 Å². The summed E-state index contributed by atoms with van der Waals surface area (Å²) >= 11 is 0. The molecule has 0 aromatic rings. The molecule has 0 spiro atoms. The van der Waals surface area contributed by atoms with Gasteiger partial charge < -0.3 is 179 Å². The maximum atomic E-state index is 13.4. The molecule has 7 saturated heterocycles. The van der Waals surface area contributed by atoms with Crippen LogP contribution in [-0.4, -0.2) is 378 Å². The fourth-order valence-corrected chi connectivity index (χ4v) is 11.4. The maximum absolute atomic E-state index is 13.4. The van der Waals surface area contributed by atoms with Gasteiger partial charge in [-0.15, -0.1) is 0 Å². The zero-order chi connectivity index (χ0) is 65.3. The smallest absolute Gasteiger partial charge is 0.364 e. The van der Waals surface area contributed by atoms with Crippen LogP contribution in [0, 0.1) is 0 Å². The van der Waals surface area contributed by atoms with Crippen LogP contribution >= 0.6 is 0 Å². The lowest BCUT2D eigenvalue weighted by atomic mass is 9.88. The van der Waals surface area contributed by atoms with Crippen molar-refractivity contribution in [1.82, 2.24) is 10.6 Å². The van der Waals surface area contributed by atoms with E-state index in [0.717, 1.165) is 13.8 Å². The number of aliphatic hydroxyl groups excluding tert-OH is 20. The van der Waals surface area contributed by atoms with E-state index in [1.54, 1.807) is 0 Å². The van der Waals surface area contributed by atoms with E-state index in [4.69, 9.17) is 61.6 Å². The van der Waals surface area contributed by atoms with Crippen LogP contribution in [0.5, 0.6) is 0 Å². The van der Waals surface area contributed by atoms with Crippen molar-refractivity contribution in [3.63, 3.8) is 0 Å². The minimum Gasteiger partial charge on any atom is -0.477 e. The molecule has 0 bridgehead atoms. The number of rotatable bonds is 22. The molecule has 39 nitrogen and oxygen atoms in total. The molecule has 510 valence electrons. The number of carboxylic acids is 1. The monoisotopic (exact) mass is 1290 g/mol. The van der Waals surface area contributed by atoms with Crippen molar-refractivity contribution in [3.05, 3.63) is 0 Å². The van der Waals surface area contributed by atoms with Crippen molar-refractivity contribution in [2.75, 3.05) is 33.0 Å². The molecular formula is C49H82N2O37. The number of aliphatic carboxylic acids is 1. The topological polar surface area (TPSA) is 620 Å². The number of hydrogen-bond acceptors (Lipinski definition) is 36. The summed E-state index contributed by atoms with van der Waals surface area (Å²) in [6.07, 6.45) is -68.8. The summed E-state index contributed by atoms with van der Waals surface area (Å²) in [5.74, 6) is -7.33. The first-order valence-corrected chi connectivity index (χ1v) is 28.0. The third-order valence-electron chi connectivity index (χ3n) is 16.2. The zero-order valence-electron chi connectivity index (χ0n) is 47.4. The van der Waals surface area contributed by atoms with Crippen LogP contribution in [-0.2, 0) is 76.0 Å². The standard InChI is InChI=1S/C49H82N2O37/c1-11-23(61)28(66)30(68)44(76-11)82-35-20(10-56)81-43(85-39-26(64)17(7-53)79-46(33(39)71)83-36-19(9-55)78-42(73)32(70)41(36)86-45-31(69)29(67)24(62)12(2)77-45)22(51-14(4)58)38(35)84-47-34(72)40(27(65)18(8-54)80-47)88-49(48(74)75)5-15(59)21(50-13(3)57)37(87-49)25(63)16(60)6-52/h11-12,15-47,52-56,59-73H,5-10H2,1-4H3,(H,50,57)(H,51,58)(H,74,75)/t11-,12-,15+,16-,17-,18-,19-,20-,21-,22-,23+,24+,25-,26+,27+,28+,29+,30-,31-,32-,33-,34-,35-,36-,37-,38-,39+,40+,41-,42-,43+,44-,45-,46+,47+,49-/m1/s1. The van der Waals surface area contributed by atoms with Gasteiger partial charge in [0.05, 0.1) is 57.4 Å². The summed E-state index contributed by atoms with van der Waals surface area (Å²) in [6, 6.07) is -3.79. The molecule has 7 rings (SSSR count). The highest BCUT2D eigenvalue weighted by Gasteiger charge is 2.62. The van der Waals surface area contributed by atoms with Gasteiger partial charge in [-0.2, -0.15) is 0 Å². The summed E-state index contributed by atoms with van der Waals surface area (Å²) < 4.78 is 76.0. The van der Waals surface area contributed by atoms with Gasteiger partial charge in [-0.3, -0.25) is 9.59 Å². The third kappa shape index (κ3) is 15.2. The quantitative estimate of drug-likeness (QED) is 0.0479. The summed E-state index contributed by atoms with van der Waals surface area (Å²) in [5.41, 5.74) is 0. The van der Waals surface area contributed by atoms with Crippen molar-refractivity contribution < 1.29 is 183 Å². The van der Waals surface area contributed by atoms with E-state index < -0.39 is 278 Å². The number of nitrogens with one attached hydrogen (secondary N) is 2. The number of hydrogen-bond donors (Lipinski definition) is 23. The van der Waals surface area contributed by atoms with Gasteiger partial charge in [-0.25, -0.2) is 4.79 Å². The second-order valence-electron chi connectivity index (χ2n) is 22.4. The average molecular weight is 1290 g/mol. The molecule has 0 aliphatic carbocycles. The van der Waals surface area contributed by atoms with Crippen LogP contribution in [0.4, 0.5) is 0 Å². The predicted octanol–water partition coefficient (Wildman–Crippen LogP) is -14.7. The molecule has 36 atom stereocenters. The normalized spacial score (nSPS) is 49.3. The van der Waals surface area contributed by atoms with E-state index in [1.165, 1.54) is 13.8 Å². The van der Waals surface area contributed by atoms with Crippen LogP contribution in [0.3, 0.4) is 0 Å². The number of carbonyl (C=O) groups excluding carboxylic acids is 2. The lowest BCUT2D eigenvalue weighted by Crippen LogP contribution is -2.72. The number of carboxylic acid groups (broad SMARTS) is 1. The molecule has 39 heteroatoms. The fraction of sp³-hybridized carbons (Fsp3) is 0.939. The molecule has 23 N–H and O–H groups in total. The highest BCUT2D eigenvalue weighted by atomic mass is 16.8. The Balaban J connectivity index is 1.25. The Hall–Kier alpha value is -2.91. The van der Waals surface area contributed by atoms with E-state index in [0.29, 0.717) is 0 Å². The number of aliphatic hydroxyl groups is 20. The lowest BCUT2D eigenvalue weighted by molar-refractivity contribution is -0.402. The first kappa shape index (κ1) is 72.5. The Morgan fingerprint density at radius 1 is 0.466 bits per heavy atom. The molecule has 2 amide bonds. The minimum atomic E-state index is -3.30. The van der Waals surface area contributed by atoms with E-state index >= 15 is 0 Å². The Bertz CT molecular complexity index is 2260. The van der Waals surface area contributed by atoms with E-state index in [1.807, 2.05) is 0 Å². The van der Waals surface area contributed by atoms with Gasteiger partial charge in [0.15, 0.2) is 37.7 Å². The Labute approximate surface area is 498 Å². The van der Waals surface area contributed by atoms with Crippen molar-refractivity contribution in [2.45, 2.75) is 255 Å². The number of amides is 2. The SMILES string of the molecule is CC(=O)N[C@H]1[C@H](O[C@H]2[C@@H](O)[C@@H](CO)O[C@@H](O[C@H]3[C@H](O[C@H]4O[C@H](C)[C@H](O)[C@H](O)[C@H]4O)[C@@H](O)[C@H](O)O[C@@H]3CO)[C@@H]2O)O[C@H](CO)[C@@H](O[C@H]2O[C@H](C)[C@H](O)[C@H](O)[C@H]2O)[C@@H]1O[C@@H]1O[C@H](CO)[C@H](O)[C@H](O[C@@]2(C(=O)O)C[C@H](O)[C@@H](NC(C)=O)[C@H]([C@H](O)[C@H](O)CO)O2)[C@H]1O. The highest BCUT2D eigenvalue weighted by molar-refractivity contribution is 5.76. The van der Waals surface area contributed by atoms with Crippen molar-refractivity contribution in [1.29, 1.82) is 0 Å². The van der Waals surface area contributed by atoms with Gasteiger partial charge in [0.25, 0.3) is 5.79 Å². The number of ether oxygens (including phenoxy) is 13. The van der Waals surface area contributed by atoms with Gasteiger partial charge in [0, 0.05) is 20.3 Å². The minimum absolute atomic E-state index is 0.863. The summed E-state index contributed by atoms with van der Waals surface area (Å²) in [6.45, 7) is -1.39. The average Bonchev–Trinajstić information content (AvgIpc) is 1.01. The molecule has 0 radical (unpaired) electrons. The lowest BCUT2D eigenvalue weighted by Gasteiger charge is -2.52. The first-order valence-electron chi connectivity index (χ1n) is 28.0. The van der Waals surface area contributed by atoms with Crippen LogP contribution in [0.1, 0.15) is 34.1 Å². The van der Waals surface area contributed by atoms with E-state index in [2.05, 4.69) is 10.6 Å². The summed E-state index contributed by atoms with van der Waals surface area (Å²) in [7, 11) is 0. The summed E-state index contributed by atoms with van der Waals surface area (Å²) in [4.78, 5) is 38.9. The number of carbonyl (C=O) groups is 3. The van der Waals surface area contributed by atoms with Crippen molar-refractivity contribution in [3.8, 4) is 0 Å². The largest absolute Gasteiger partial charge is 0.477 e. The maximum Gasteiger partial charge on any atom is 0.364 e. The van der Waals surface area contributed by atoms with Crippen molar-refractivity contribution >= 4 is 17.8 Å². The zero-order valence-corrected chi connectivity index (χ0v) is 47.4. The van der Waals surface area contributed by atoms with E-state index in [9.17, 15) is 122 Å². The molecule has 7 aliphatic rings. The van der Waals surface area contributed by atoms with Gasteiger partial charge in [0.2, 0.25) is 11.8 Å². The third-order valence-corrected chi connectivity index (χ3v) is 16.2. The van der Waals surface area contributed by atoms with Crippen molar-refractivity contribution in [2.24, 2.45) is 0 Å². The van der Waals surface area contributed by atoms with Gasteiger partial charge in [-0.05, 0) is 13.8 Å². The second kappa shape index (κ2) is 30.4. The van der Waals surface area contributed by atoms with Crippen LogP contribution in [0.15, 0.2) is 0 Å². The molecule has 7 aliphatic heterocycles.